The summed E-state index contributed by atoms with van der Waals surface area (Å²) >= 11 is 0. The van der Waals surface area contributed by atoms with Crippen LogP contribution in [0.1, 0.15) is 22.3 Å². The van der Waals surface area contributed by atoms with Crippen LogP contribution in [0.25, 0.3) is 0 Å². The van der Waals surface area contributed by atoms with E-state index in [0.717, 1.165) is 12.1 Å². The number of ether oxygens (including phenoxy) is 2. The van der Waals surface area contributed by atoms with Gasteiger partial charge in [0, 0.05) is 18.2 Å². The first-order chi connectivity index (χ1) is 14.6. The molecule has 0 saturated carbocycles. The Balaban J connectivity index is 1.98. The lowest BCUT2D eigenvalue weighted by Gasteiger charge is -2.17. The van der Waals surface area contributed by atoms with Crippen molar-refractivity contribution in [1.29, 1.82) is 0 Å². The first kappa shape index (κ1) is 22.0. The minimum Gasteiger partial charge on any atom is -0.453 e. The standard InChI is InChI=1S/C21H14F5NO4/c22-20(23)31-17-7-2-1-6-16(17)30-18-10-12(21(24,25)26)8-9-15(18)19(29)27-13-4-3-5-14(28)11-13/h1-4,6-11,20H,5H2,(H,27,29). The average molecular weight is 439 g/mol. The van der Waals surface area contributed by atoms with E-state index in [1.165, 1.54) is 36.4 Å². The van der Waals surface area contributed by atoms with E-state index in [1.807, 2.05) is 0 Å². The Labute approximate surface area is 172 Å². The van der Waals surface area contributed by atoms with Gasteiger partial charge in [-0.05, 0) is 36.4 Å². The zero-order valence-electron chi connectivity index (χ0n) is 15.6. The van der Waals surface area contributed by atoms with Crippen LogP contribution >= 0.6 is 0 Å². The van der Waals surface area contributed by atoms with Crippen LogP contribution in [-0.2, 0) is 11.0 Å². The highest BCUT2D eigenvalue weighted by atomic mass is 19.4. The molecule has 0 radical (unpaired) electrons. The number of hydrogen-bond donors (Lipinski definition) is 1. The summed E-state index contributed by atoms with van der Waals surface area (Å²) in [6, 6.07) is 7.24. The van der Waals surface area contributed by atoms with Crippen molar-refractivity contribution in [2.45, 2.75) is 19.2 Å². The maximum atomic E-state index is 13.2. The average Bonchev–Trinajstić information content (AvgIpc) is 2.68. The lowest BCUT2D eigenvalue weighted by atomic mass is 10.1. The number of nitrogens with one attached hydrogen (secondary N) is 1. The second kappa shape index (κ2) is 8.99. The third-order valence-corrected chi connectivity index (χ3v) is 4.03. The van der Waals surface area contributed by atoms with E-state index in [1.54, 1.807) is 0 Å². The summed E-state index contributed by atoms with van der Waals surface area (Å²) in [5.41, 5.74) is -1.28. The summed E-state index contributed by atoms with van der Waals surface area (Å²) in [6.45, 7) is -3.20. The van der Waals surface area contributed by atoms with Gasteiger partial charge >= 0.3 is 12.8 Å². The van der Waals surface area contributed by atoms with Crippen LogP contribution in [0.2, 0.25) is 0 Å². The third kappa shape index (κ3) is 5.68. The Morgan fingerprint density at radius 3 is 2.39 bits per heavy atom. The fraction of sp³-hybridized carbons (Fsp3) is 0.143. The van der Waals surface area contributed by atoms with Crippen LogP contribution < -0.4 is 14.8 Å². The maximum Gasteiger partial charge on any atom is 0.416 e. The van der Waals surface area contributed by atoms with Gasteiger partial charge in [0.1, 0.15) is 5.75 Å². The summed E-state index contributed by atoms with van der Waals surface area (Å²) in [4.78, 5) is 24.1. The van der Waals surface area contributed by atoms with Crippen LogP contribution in [0.4, 0.5) is 22.0 Å². The molecular weight excluding hydrogens is 425 g/mol. The zero-order chi connectivity index (χ0) is 22.6. The number of benzene rings is 2. The molecule has 0 atom stereocenters. The number of hydrogen-bond acceptors (Lipinski definition) is 4. The Morgan fingerprint density at radius 1 is 1.03 bits per heavy atom. The van der Waals surface area contributed by atoms with Gasteiger partial charge in [0.25, 0.3) is 5.91 Å². The highest BCUT2D eigenvalue weighted by Gasteiger charge is 2.32. The Hall–Kier alpha value is -3.69. The Kier molecular flexibility index (Phi) is 6.38. The second-order valence-electron chi connectivity index (χ2n) is 6.26. The summed E-state index contributed by atoms with van der Waals surface area (Å²) in [5, 5.41) is 2.40. The van der Waals surface area contributed by atoms with Gasteiger partial charge in [-0.25, -0.2) is 0 Å². The molecule has 0 fully saturated rings. The summed E-state index contributed by atoms with van der Waals surface area (Å²) in [5.74, 6) is -2.40. The molecule has 1 N–H and O–H groups in total. The molecule has 0 unspecified atom stereocenters. The first-order valence-corrected chi connectivity index (χ1v) is 8.79. The van der Waals surface area contributed by atoms with Gasteiger partial charge in [-0.2, -0.15) is 22.0 Å². The minimum atomic E-state index is -4.74. The largest absolute Gasteiger partial charge is 0.453 e. The number of para-hydroxylation sites is 2. The third-order valence-electron chi connectivity index (χ3n) is 4.03. The van der Waals surface area contributed by atoms with E-state index in [-0.39, 0.29) is 29.2 Å². The Morgan fingerprint density at radius 2 is 1.74 bits per heavy atom. The number of rotatable bonds is 6. The van der Waals surface area contributed by atoms with Gasteiger partial charge < -0.3 is 14.8 Å². The monoisotopic (exact) mass is 439 g/mol. The van der Waals surface area contributed by atoms with E-state index in [9.17, 15) is 31.5 Å². The molecule has 0 bridgehead atoms. The van der Waals surface area contributed by atoms with Crippen molar-refractivity contribution in [1.82, 2.24) is 5.32 Å². The van der Waals surface area contributed by atoms with Crippen LogP contribution in [0.5, 0.6) is 17.2 Å². The van der Waals surface area contributed by atoms with E-state index < -0.39 is 35.8 Å². The first-order valence-electron chi connectivity index (χ1n) is 8.79. The fourth-order valence-corrected chi connectivity index (χ4v) is 2.68. The number of alkyl halides is 5. The van der Waals surface area contributed by atoms with Crippen LogP contribution in [0, 0.1) is 0 Å². The van der Waals surface area contributed by atoms with Crippen molar-refractivity contribution in [3.63, 3.8) is 0 Å². The second-order valence-corrected chi connectivity index (χ2v) is 6.26. The van der Waals surface area contributed by atoms with E-state index in [2.05, 4.69) is 10.1 Å². The molecule has 3 rings (SSSR count). The molecule has 1 aliphatic rings. The van der Waals surface area contributed by atoms with Gasteiger partial charge in [0.15, 0.2) is 17.3 Å². The van der Waals surface area contributed by atoms with Gasteiger partial charge in [-0.3, -0.25) is 9.59 Å². The summed E-state index contributed by atoms with van der Waals surface area (Å²) < 4.78 is 74.5. The summed E-state index contributed by atoms with van der Waals surface area (Å²) in [7, 11) is 0. The van der Waals surface area contributed by atoms with Crippen molar-refractivity contribution < 1.29 is 41.0 Å². The Bertz CT molecular complexity index is 1060. The molecule has 1 amide bonds. The van der Waals surface area contributed by atoms with E-state index >= 15 is 0 Å². The number of amides is 1. The van der Waals surface area contributed by atoms with Crippen molar-refractivity contribution >= 4 is 11.7 Å². The van der Waals surface area contributed by atoms with Crippen LogP contribution in [0.3, 0.4) is 0 Å². The van der Waals surface area contributed by atoms with E-state index in [4.69, 9.17) is 4.74 Å². The number of carbonyl (C=O) groups is 2. The van der Waals surface area contributed by atoms with Gasteiger partial charge in [-0.1, -0.05) is 18.2 Å². The fourth-order valence-electron chi connectivity index (χ4n) is 2.68. The van der Waals surface area contributed by atoms with Crippen LogP contribution in [-0.4, -0.2) is 18.3 Å². The molecule has 0 aliphatic heterocycles. The minimum absolute atomic E-state index is 0.147. The number of carbonyl (C=O) groups excluding carboxylic acids is 2. The molecule has 2 aromatic carbocycles. The molecule has 0 aromatic heterocycles. The molecule has 5 nitrogen and oxygen atoms in total. The van der Waals surface area contributed by atoms with Gasteiger partial charge in [0.05, 0.1) is 11.1 Å². The topological polar surface area (TPSA) is 64.6 Å². The quantitative estimate of drug-likeness (QED) is 0.626. The lowest BCUT2D eigenvalue weighted by molar-refractivity contribution is -0.137. The molecule has 0 spiro atoms. The van der Waals surface area contributed by atoms with Crippen molar-refractivity contribution in [3.05, 3.63) is 77.5 Å². The zero-order valence-corrected chi connectivity index (χ0v) is 15.6. The highest BCUT2D eigenvalue weighted by molar-refractivity contribution is 6.00. The number of ketones is 1. The smallest absolute Gasteiger partial charge is 0.416 e. The maximum absolute atomic E-state index is 13.2. The molecule has 1 aliphatic carbocycles. The molecule has 2 aromatic rings. The SMILES string of the molecule is O=C1C=C(NC(=O)c2ccc(C(F)(F)F)cc2Oc2ccccc2OC(F)F)C=CC1. The molecule has 162 valence electrons. The van der Waals surface area contributed by atoms with Crippen molar-refractivity contribution in [3.8, 4) is 17.2 Å². The van der Waals surface area contributed by atoms with Crippen molar-refractivity contribution in [2.24, 2.45) is 0 Å². The highest BCUT2D eigenvalue weighted by Crippen LogP contribution is 2.38. The predicted molar refractivity (Wildman–Crippen MR) is 98.9 cm³/mol. The van der Waals surface area contributed by atoms with Gasteiger partial charge in [-0.15, -0.1) is 0 Å². The molecule has 0 heterocycles. The number of allylic oxidation sites excluding steroid dienone is 3. The number of halogens is 5. The summed E-state index contributed by atoms with van der Waals surface area (Å²) in [6.07, 6.45) is -0.424. The molecular formula is C21H14F5NO4. The van der Waals surface area contributed by atoms with Gasteiger partial charge in [0.2, 0.25) is 0 Å². The molecule has 31 heavy (non-hydrogen) atoms. The molecule has 0 saturated heterocycles. The van der Waals surface area contributed by atoms with Crippen molar-refractivity contribution in [2.75, 3.05) is 0 Å². The van der Waals surface area contributed by atoms with E-state index in [0.29, 0.717) is 12.1 Å². The normalized spacial score (nSPS) is 13.7. The lowest BCUT2D eigenvalue weighted by Crippen LogP contribution is -2.24. The molecule has 10 heteroatoms. The van der Waals surface area contributed by atoms with Crippen LogP contribution in [0.15, 0.2) is 66.4 Å². The predicted octanol–water partition coefficient (Wildman–Crippen LogP) is 5.24.